The molecule has 2 amide bonds. The molecule has 0 aromatic rings. The molecule has 0 fully saturated rings. The summed E-state index contributed by atoms with van der Waals surface area (Å²) >= 11 is 0. The van der Waals surface area contributed by atoms with Crippen LogP contribution in [0.15, 0.2) is 0 Å². The Kier molecular flexibility index (Phi) is 14.2. The highest BCUT2D eigenvalue weighted by atomic mass is 32.2. The molecule has 0 aliphatic rings. The molecule has 0 aromatic heterocycles. The van der Waals surface area contributed by atoms with Crippen molar-refractivity contribution in [2.24, 2.45) is 10.8 Å². The van der Waals surface area contributed by atoms with Crippen LogP contribution in [0.2, 0.25) is 0 Å². The maximum absolute atomic E-state index is 12.3. The lowest BCUT2D eigenvalue weighted by molar-refractivity contribution is 0.0506. The fourth-order valence-electron chi connectivity index (χ4n) is 2.81. The monoisotopic (exact) mass is 602 g/mol. The molecule has 2 N–H and O–H groups in total. The van der Waals surface area contributed by atoms with Crippen molar-refractivity contribution in [3.05, 3.63) is 0 Å². The predicted octanol–water partition coefficient (Wildman–Crippen LogP) is 3.95. The van der Waals surface area contributed by atoms with Gasteiger partial charge in [-0.3, -0.25) is 8.37 Å². The van der Waals surface area contributed by atoms with Crippen LogP contribution in [0.25, 0.3) is 0 Å². The summed E-state index contributed by atoms with van der Waals surface area (Å²) in [4.78, 5) is 23.5. The molecule has 0 atom stereocenters. The maximum atomic E-state index is 12.3. The lowest BCUT2D eigenvalue weighted by Gasteiger charge is -2.25. The van der Waals surface area contributed by atoms with Crippen LogP contribution < -0.4 is 10.6 Å². The smallest absolute Gasteiger partial charge is 0.407 e. The molecule has 0 spiro atoms. The third-order valence-corrected chi connectivity index (χ3v) is 7.52. The van der Waals surface area contributed by atoms with E-state index in [9.17, 15) is 26.4 Å². The molecule has 0 bridgehead atoms. The summed E-state index contributed by atoms with van der Waals surface area (Å²) in [5, 5.41) is 5.24. The van der Waals surface area contributed by atoms with Gasteiger partial charge in [0.1, 0.15) is 11.2 Å². The van der Waals surface area contributed by atoms with E-state index in [1.807, 2.05) is 0 Å². The van der Waals surface area contributed by atoms with Crippen molar-refractivity contribution in [2.75, 3.05) is 37.8 Å². The van der Waals surface area contributed by atoms with Crippen LogP contribution in [-0.4, -0.2) is 78.0 Å². The van der Waals surface area contributed by atoms with Crippen LogP contribution in [0.1, 0.15) is 88.5 Å². The van der Waals surface area contributed by atoms with Gasteiger partial charge in [0.05, 0.1) is 24.7 Å². The van der Waals surface area contributed by atoms with E-state index in [0.717, 1.165) is 0 Å². The van der Waals surface area contributed by atoms with Gasteiger partial charge in [-0.05, 0) is 71.6 Å². The first kappa shape index (κ1) is 37.4. The van der Waals surface area contributed by atoms with Crippen LogP contribution in [-0.2, 0) is 38.1 Å². The lowest BCUT2D eigenvalue weighted by atomic mass is 9.91. The van der Waals surface area contributed by atoms with Crippen molar-refractivity contribution in [3.63, 3.8) is 0 Å². The summed E-state index contributed by atoms with van der Waals surface area (Å²) in [5.74, 6) is -0.962. The molecular formula is C25H50N2O10S2. The Morgan fingerprint density at radius 3 is 1.18 bits per heavy atom. The van der Waals surface area contributed by atoms with Gasteiger partial charge in [-0.2, -0.15) is 16.8 Å². The number of alkyl carbamates (subject to hydrolysis) is 2. The average Bonchev–Trinajstić information content (AvgIpc) is 2.68. The van der Waals surface area contributed by atoms with Crippen LogP contribution >= 0.6 is 0 Å². The van der Waals surface area contributed by atoms with E-state index in [-0.39, 0.29) is 32.7 Å². The van der Waals surface area contributed by atoms with E-state index in [0.29, 0.717) is 12.8 Å². The summed E-state index contributed by atoms with van der Waals surface area (Å²) in [7, 11) is -7.93. The largest absolute Gasteiger partial charge is 0.444 e. The van der Waals surface area contributed by atoms with Crippen LogP contribution in [0, 0.1) is 10.8 Å². The SMILES string of the molecule is CC(C)(CCNC(=O)OC(C)(C)C)COS(=O)(=O)CCCS(=O)(=O)OCC(C)(C)CCNC(=O)OC(C)(C)C. The second kappa shape index (κ2) is 14.8. The van der Waals surface area contributed by atoms with E-state index in [4.69, 9.17) is 17.8 Å². The normalized spacial score (nSPS) is 13.6. The summed E-state index contributed by atoms with van der Waals surface area (Å²) in [6.45, 7) is 18.0. The molecule has 39 heavy (non-hydrogen) atoms. The summed E-state index contributed by atoms with van der Waals surface area (Å²) in [5.41, 5.74) is -2.37. The first-order valence-electron chi connectivity index (χ1n) is 13.0. The van der Waals surface area contributed by atoms with E-state index >= 15 is 0 Å². The van der Waals surface area contributed by atoms with Crippen LogP contribution in [0.5, 0.6) is 0 Å². The van der Waals surface area contributed by atoms with Gasteiger partial charge < -0.3 is 20.1 Å². The van der Waals surface area contributed by atoms with Crippen molar-refractivity contribution in [1.82, 2.24) is 10.6 Å². The van der Waals surface area contributed by atoms with Gasteiger partial charge in [-0.1, -0.05) is 27.7 Å². The number of hydrogen-bond acceptors (Lipinski definition) is 10. The van der Waals surface area contributed by atoms with Crippen molar-refractivity contribution >= 4 is 32.4 Å². The van der Waals surface area contributed by atoms with E-state index in [1.165, 1.54) is 0 Å². The maximum Gasteiger partial charge on any atom is 0.407 e. The Hall–Kier alpha value is -1.64. The minimum absolute atomic E-state index is 0.125. The number of amides is 2. The average molecular weight is 603 g/mol. The van der Waals surface area contributed by atoms with Gasteiger partial charge in [0.15, 0.2) is 0 Å². The van der Waals surface area contributed by atoms with Crippen molar-refractivity contribution in [1.29, 1.82) is 0 Å². The molecule has 0 rings (SSSR count). The highest BCUT2D eigenvalue weighted by Gasteiger charge is 2.26. The van der Waals surface area contributed by atoms with Gasteiger partial charge in [0.2, 0.25) is 0 Å². The van der Waals surface area contributed by atoms with Gasteiger partial charge in [-0.15, -0.1) is 0 Å². The zero-order valence-electron chi connectivity index (χ0n) is 25.3. The molecule has 0 aliphatic carbocycles. The Bertz CT molecular complexity index is 913. The molecular weight excluding hydrogens is 552 g/mol. The fourth-order valence-corrected chi connectivity index (χ4v) is 5.22. The third kappa shape index (κ3) is 21.8. The number of nitrogens with one attached hydrogen (secondary N) is 2. The van der Waals surface area contributed by atoms with Crippen molar-refractivity contribution in [3.8, 4) is 0 Å². The minimum atomic E-state index is -3.96. The standard InChI is InChI=1S/C25H50N2O10S2/c1-22(2,3)36-20(28)26-14-12-24(7,8)18-34-38(30,31)16-11-17-39(32,33)35-19-25(9,10)13-15-27-21(29)37-23(4,5)6/h11-19H2,1-10H3,(H,26,28)(H,27,29). The van der Waals surface area contributed by atoms with E-state index < -0.39 is 66.0 Å². The summed E-state index contributed by atoms with van der Waals surface area (Å²) in [6.07, 6.45) is -0.432. The second-order valence-electron chi connectivity index (χ2n) is 13.1. The zero-order chi connectivity index (χ0) is 30.8. The minimum Gasteiger partial charge on any atom is -0.444 e. The molecule has 0 radical (unpaired) electrons. The Morgan fingerprint density at radius 2 is 0.897 bits per heavy atom. The Balaban J connectivity index is 4.44. The second-order valence-corrected chi connectivity index (χ2v) is 16.6. The van der Waals surface area contributed by atoms with Gasteiger partial charge in [0.25, 0.3) is 20.2 Å². The van der Waals surface area contributed by atoms with Crippen molar-refractivity contribution in [2.45, 2.75) is 99.7 Å². The van der Waals surface area contributed by atoms with Crippen LogP contribution in [0.3, 0.4) is 0 Å². The van der Waals surface area contributed by atoms with Crippen molar-refractivity contribution < 1.29 is 44.3 Å². The molecule has 0 saturated heterocycles. The number of carbonyl (C=O) groups excluding carboxylic acids is 2. The topological polar surface area (TPSA) is 163 Å². The molecule has 14 heteroatoms. The third-order valence-electron chi connectivity index (χ3n) is 4.99. The molecule has 0 saturated carbocycles. The summed E-state index contributed by atoms with van der Waals surface area (Å²) in [6, 6.07) is 0. The molecule has 12 nitrogen and oxygen atoms in total. The molecule has 0 aliphatic heterocycles. The Labute approximate surface area is 235 Å². The quantitative estimate of drug-likeness (QED) is 0.247. The van der Waals surface area contributed by atoms with Gasteiger partial charge in [0, 0.05) is 13.1 Å². The number of rotatable bonds is 16. The Morgan fingerprint density at radius 1 is 0.590 bits per heavy atom. The highest BCUT2D eigenvalue weighted by molar-refractivity contribution is 7.87. The molecule has 0 aromatic carbocycles. The summed E-state index contributed by atoms with van der Waals surface area (Å²) < 4.78 is 69.7. The molecule has 0 heterocycles. The van der Waals surface area contributed by atoms with E-state index in [1.54, 1.807) is 69.2 Å². The highest BCUT2D eigenvalue weighted by Crippen LogP contribution is 2.23. The lowest BCUT2D eigenvalue weighted by Crippen LogP contribution is -2.35. The first-order valence-corrected chi connectivity index (χ1v) is 16.2. The zero-order valence-corrected chi connectivity index (χ0v) is 26.9. The van der Waals surface area contributed by atoms with Gasteiger partial charge >= 0.3 is 12.2 Å². The van der Waals surface area contributed by atoms with Crippen LogP contribution in [0.4, 0.5) is 9.59 Å². The predicted molar refractivity (Wildman–Crippen MR) is 149 cm³/mol. The number of carbonyl (C=O) groups is 2. The number of hydrogen-bond donors (Lipinski definition) is 2. The fraction of sp³-hybridized carbons (Fsp3) is 0.920. The molecule has 0 unspecified atom stereocenters. The first-order chi connectivity index (χ1) is 17.3. The van der Waals surface area contributed by atoms with E-state index in [2.05, 4.69) is 10.6 Å². The number of ether oxygens (including phenoxy) is 2. The molecule has 232 valence electrons. The van der Waals surface area contributed by atoms with Gasteiger partial charge in [-0.25, -0.2) is 9.59 Å².